The van der Waals surface area contributed by atoms with Crippen LogP contribution in [-0.2, 0) is 4.79 Å². The summed E-state index contributed by atoms with van der Waals surface area (Å²) < 4.78 is 24.4. The summed E-state index contributed by atoms with van der Waals surface area (Å²) in [5.74, 6) is 0.231. The highest BCUT2D eigenvalue weighted by atomic mass is 19.1. The number of halogens is 1. The maximum absolute atomic E-state index is 13.5. The van der Waals surface area contributed by atoms with Crippen molar-refractivity contribution in [2.45, 2.75) is 38.8 Å². The topological polar surface area (TPSA) is 47.6 Å². The van der Waals surface area contributed by atoms with Gasteiger partial charge in [-0.05, 0) is 26.3 Å². The number of carbonyl (C=O) groups is 1. The molecule has 1 aromatic rings. The fourth-order valence-electron chi connectivity index (χ4n) is 2.18. The minimum Gasteiger partial charge on any atom is -0.490 e. The van der Waals surface area contributed by atoms with E-state index in [1.807, 2.05) is 0 Å². The largest absolute Gasteiger partial charge is 0.490 e. The number of hydrogen-bond donors (Lipinski definition) is 1. The Labute approximate surface area is 118 Å². The van der Waals surface area contributed by atoms with Crippen LogP contribution in [0, 0.1) is 5.82 Å². The van der Waals surface area contributed by atoms with Crippen molar-refractivity contribution in [1.82, 2.24) is 5.32 Å². The molecule has 1 aliphatic carbocycles. The van der Waals surface area contributed by atoms with Crippen LogP contribution in [0.4, 0.5) is 4.39 Å². The second kappa shape index (κ2) is 6.70. The molecule has 1 saturated carbocycles. The monoisotopic (exact) mass is 281 g/mol. The van der Waals surface area contributed by atoms with Gasteiger partial charge in [0.2, 0.25) is 0 Å². The Morgan fingerprint density at radius 2 is 2.05 bits per heavy atom. The first-order valence-electron chi connectivity index (χ1n) is 6.89. The van der Waals surface area contributed by atoms with E-state index in [0.717, 1.165) is 19.4 Å². The third-order valence-electron chi connectivity index (χ3n) is 3.18. The number of Topliss-reactive ketones (excluding diaryl/α,β-unsaturated/α-hetero) is 1. The van der Waals surface area contributed by atoms with Crippen molar-refractivity contribution in [2.24, 2.45) is 0 Å². The average molecular weight is 281 g/mol. The van der Waals surface area contributed by atoms with E-state index in [2.05, 4.69) is 12.2 Å². The van der Waals surface area contributed by atoms with Crippen LogP contribution in [0.15, 0.2) is 18.2 Å². The molecule has 0 amide bonds. The van der Waals surface area contributed by atoms with E-state index in [4.69, 9.17) is 9.47 Å². The van der Waals surface area contributed by atoms with Crippen LogP contribution >= 0.6 is 0 Å². The lowest BCUT2D eigenvalue weighted by Gasteiger charge is -2.35. The molecule has 0 atom stereocenters. The highest BCUT2D eigenvalue weighted by Crippen LogP contribution is 2.29. The lowest BCUT2D eigenvalue weighted by Crippen LogP contribution is -2.46. The summed E-state index contributed by atoms with van der Waals surface area (Å²) in [7, 11) is 0. The second-order valence-electron chi connectivity index (χ2n) is 5.08. The molecule has 1 aromatic carbocycles. The predicted octanol–water partition coefficient (Wildman–Crippen LogP) is 2.31. The zero-order valence-electron chi connectivity index (χ0n) is 11.8. The van der Waals surface area contributed by atoms with Crippen molar-refractivity contribution in [3.05, 3.63) is 24.0 Å². The molecule has 0 heterocycles. The lowest BCUT2D eigenvalue weighted by molar-refractivity contribution is -0.118. The summed E-state index contributed by atoms with van der Waals surface area (Å²) in [6.45, 7) is 4.38. The molecule has 110 valence electrons. The SMILES string of the molecule is CCNC1CC(Oc2cc(F)cc(OCC(C)=O)c2)C1. The van der Waals surface area contributed by atoms with Crippen LogP contribution in [0.25, 0.3) is 0 Å². The Hall–Kier alpha value is -1.62. The van der Waals surface area contributed by atoms with Gasteiger partial charge < -0.3 is 14.8 Å². The minimum absolute atomic E-state index is 0.0607. The molecule has 0 aromatic heterocycles. The molecule has 1 fully saturated rings. The normalized spacial score (nSPS) is 21.1. The fraction of sp³-hybridized carbons (Fsp3) is 0.533. The van der Waals surface area contributed by atoms with Crippen LogP contribution in [0.5, 0.6) is 11.5 Å². The fourth-order valence-corrected chi connectivity index (χ4v) is 2.18. The third kappa shape index (κ3) is 4.20. The first-order valence-corrected chi connectivity index (χ1v) is 6.89. The van der Waals surface area contributed by atoms with Gasteiger partial charge in [0.05, 0.1) is 0 Å². The van der Waals surface area contributed by atoms with Crippen molar-refractivity contribution in [3.8, 4) is 11.5 Å². The molecule has 4 nitrogen and oxygen atoms in total. The number of carbonyl (C=O) groups excluding carboxylic acids is 1. The highest BCUT2D eigenvalue weighted by Gasteiger charge is 2.30. The molecule has 0 bridgehead atoms. The Balaban J connectivity index is 1.90. The Kier molecular flexibility index (Phi) is 4.95. The van der Waals surface area contributed by atoms with Gasteiger partial charge in [0.15, 0.2) is 5.78 Å². The van der Waals surface area contributed by atoms with Gasteiger partial charge in [-0.2, -0.15) is 0 Å². The zero-order chi connectivity index (χ0) is 14.5. The molecule has 1 N–H and O–H groups in total. The molecule has 0 spiro atoms. The molecule has 0 unspecified atom stereocenters. The Morgan fingerprint density at radius 3 is 2.70 bits per heavy atom. The van der Waals surface area contributed by atoms with Gasteiger partial charge in [-0.15, -0.1) is 0 Å². The number of ether oxygens (including phenoxy) is 2. The van der Waals surface area contributed by atoms with E-state index in [9.17, 15) is 9.18 Å². The highest BCUT2D eigenvalue weighted by molar-refractivity contribution is 5.77. The number of hydrogen-bond acceptors (Lipinski definition) is 4. The van der Waals surface area contributed by atoms with Crippen LogP contribution in [0.2, 0.25) is 0 Å². The molecular formula is C15H20FNO3. The number of nitrogens with one attached hydrogen (secondary N) is 1. The van der Waals surface area contributed by atoms with Gasteiger partial charge in [0.25, 0.3) is 0 Å². The van der Waals surface area contributed by atoms with E-state index >= 15 is 0 Å². The van der Waals surface area contributed by atoms with Crippen molar-refractivity contribution >= 4 is 5.78 Å². The summed E-state index contributed by atoms with van der Waals surface area (Å²) >= 11 is 0. The molecule has 1 aliphatic rings. The van der Waals surface area contributed by atoms with Gasteiger partial charge >= 0.3 is 0 Å². The van der Waals surface area contributed by atoms with Gasteiger partial charge in [-0.25, -0.2) is 4.39 Å². The van der Waals surface area contributed by atoms with Crippen LogP contribution in [0.3, 0.4) is 0 Å². The second-order valence-corrected chi connectivity index (χ2v) is 5.08. The Morgan fingerprint density at radius 1 is 1.35 bits per heavy atom. The van der Waals surface area contributed by atoms with Crippen LogP contribution < -0.4 is 14.8 Å². The molecule has 20 heavy (non-hydrogen) atoms. The standard InChI is InChI=1S/C15H20FNO3/c1-3-17-12-6-15(7-12)20-14-5-11(16)4-13(8-14)19-9-10(2)18/h4-5,8,12,15,17H,3,6-7,9H2,1-2H3. The molecule has 0 aliphatic heterocycles. The van der Waals surface area contributed by atoms with E-state index in [0.29, 0.717) is 17.5 Å². The molecule has 0 saturated heterocycles. The van der Waals surface area contributed by atoms with Gasteiger partial charge in [-0.1, -0.05) is 6.92 Å². The van der Waals surface area contributed by atoms with Crippen molar-refractivity contribution < 1.29 is 18.7 Å². The molecule has 2 rings (SSSR count). The molecular weight excluding hydrogens is 261 g/mol. The van der Waals surface area contributed by atoms with E-state index in [1.54, 1.807) is 6.07 Å². The number of rotatable bonds is 7. The lowest BCUT2D eigenvalue weighted by atomic mass is 9.89. The number of benzene rings is 1. The molecule has 0 radical (unpaired) electrons. The van der Waals surface area contributed by atoms with Gasteiger partial charge in [0.1, 0.15) is 30.0 Å². The average Bonchev–Trinajstić information content (AvgIpc) is 2.33. The zero-order valence-corrected chi connectivity index (χ0v) is 11.8. The van der Waals surface area contributed by atoms with Crippen LogP contribution in [0.1, 0.15) is 26.7 Å². The predicted molar refractivity (Wildman–Crippen MR) is 73.7 cm³/mol. The quantitative estimate of drug-likeness (QED) is 0.833. The van der Waals surface area contributed by atoms with E-state index < -0.39 is 5.82 Å². The summed E-state index contributed by atoms with van der Waals surface area (Å²) in [4.78, 5) is 10.9. The van der Waals surface area contributed by atoms with Crippen molar-refractivity contribution in [3.63, 3.8) is 0 Å². The van der Waals surface area contributed by atoms with Crippen LogP contribution in [-0.4, -0.2) is 31.1 Å². The van der Waals surface area contributed by atoms with Crippen molar-refractivity contribution in [2.75, 3.05) is 13.2 Å². The minimum atomic E-state index is -0.427. The van der Waals surface area contributed by atoms with Gasteiger partial charge in [0, 0.05) is 24.2 Å². The summed E-state index contributed by atoms with van der Waals surface area (Å²) in [5.41, 5.74) is 0. The van der Waals surface area contributed by atoms with Crippen molar-refractivity contribution in [1.29, 1.82) is 0 Å². The maximum Gasteiger partial charge on any atom is 0.167 e. The first-order chi connectivity index (χ1) is 9.56. The number of ketones is 1. The van der Waals surface area contributed by atoms with E-state index in [1.165, 1.54) is 19.1 Å². The van der Waals surface area contributed by atoms with E-state index in [-0.39, 0.29) is 18.5 Å². The summed E-state index contributed by atoms with van der Waals surface area (Å²) in [5, 5.41) is 3.34. The third-order valence-corrected chi connectivity index (χ3v) is 3.18. The Bertz CT molecular complexity index is 472. The summed E-state index contributed by atoms with van der Waals surface area (Å²) in [6, 6.07) is 4.69. The summed E-state index contributed by atoms with van der Waals surface area (Å²) in [6.07, 6.45) is 1.96. The first kappa shape index (κ1) is 14.8. The molecule has 5 heteroatoms. The van der Waals surface area contributed by atoms with Gasteiger partial charge in [-0.3, -0.25) is 4.79 Å². The maximum atomic E-state index is 13.5. The smallest absolute Gasteiger partial charge is 0.167 e.